The Hall–Kier alpha value is -0.870. The maximum Gasteiger partial charge on any atom is 0.323 e. The normalized spacial score (nSPS) is 12.5. The monoisotopic (exact) mass is 678 g/mol. The molecular weight excluding hydrogens is 602 g/mol. The van der Waals surface area contributed by atoms with E-state index >= 15 is 0 Å². The highest BCUT2D eigenvalue weighted by Crippen LogP contribution is 2.22. The van der Waals surface area contributed by atoms with Gasteiger partial charge >= 0.3 is 11.8 Å². The molecule has 0 aromatic rings. The summed E-state index contributed by atoms with van der Waals surface area (Å²) in [6, 6.07) is 0. The Kier molecular flexibility index (Phi) is 33.6. The van der Waals surface area contributed by atoms with Crippen molar-refractivity contribution < 1.29 is 36.3 Å². The number of rotatable bonds is 31. The molecule has 46 heavy (non-hydrogen) atoms. The molecule has 0 saturated carbocycles. The van der Waals surface area contributed by atoms with E-state index in [-0.39, 0.29) is 16.3 Å². The van der Waals surface area contributed by atoms with Crippen LogP contribution in [0.5, 0.6) is 0 Å². The maximum absolute atomic E-state index is 13.2. The minimum Gasteiger partial charge on any atom is -0.726 e. The molecule has 0 bridgehead atoms. The quantitative estimate of drug-likeness (QED) is 0.0255. The smallest absolute Gasteiger partial charge is 0.323 e. The maximum atomic E-state index is 13.2. The van der Waals surface area contributed by atoms with E-state index in [2.05, 4.69) is 18.0 Å². The van der Waals surface area contributed by atoms with Crippen molar-refractivity contribution in [2.75, 3.05) is 13.7 Å². The van der Waals surface area contributed by atoms with Crippen molar-refractivity contribution in [1.82, 2.24) is 0 Å². The van der Waals surface area contributed by atoms with Gasteiger partial charge in [0.25, 0.3) is 0 Å². The van der Waals surface area contributed by atoms with Crippen LogP contribution in [0.1, 0.15) is 207 Å². The van der Waals surface area contributed by atoms with Crippen LogP contribution < -0.4 is 0 Å². The second-order valence-electron chi connectivity index (χ2n) is 13.2. The predicted molar refractivity (Wildman–Crippen MR) is 190 cm³/mol. The Balaban J connectivity index is 0. The first-order valence-electron chi connectivity index (χ1n) is 19.2. The molecular formula is C37H75NO7S. The fourth-order valence-corrected chi connectivity index (χ4v) is 6.16. The molecule has 0 aliphatic heterocycles. The number of unbranched alkanes of at least 4 members (excludes halogenated alkanes) is 24. The van der Waals surface area contributed by atoms with Gasteiger partial charge in [-0.3, -0.25) is 4.18 Å². The van der Waals surface area contributed by atoms with Crippen LogP contribution in [0.4, 0.5) is 0 Å². The highest BCUT2D eigenvalue weighted by Gasteiger charge is 2.45. The first-order valence-corrected chi connectivity index (χ1v) is 20.5. The molecule has 0 heterocycles. The number of imide groups is 1. The summed E-state index contributed by atoms with van der Waals surface area (Å²) >= 11 is 0. The first-order chi connectivity index (χ1) is 22.0. The Labute approximate surface area is 285 Å². The summed E-state index contributed by atoms with van der Waals surface area (Å²) in [5, 5.41) is 10.5. The summed E-state index contributed by atoms with van der Waals surface area (Å²) in [5.74, 6) is -0.166. The SMILES string of the molecule is CCCCCCCCCCCCCCCC(=O)[N+](CC)(C(=O)CCCCCCCCCCCCCCC)C(C)O.COS(=O)(=O)[O-]. The predicted octanol–water partition coefficient (Wildman–Crippen LogP) is 10.3. The van der Waals surface area contributed by atoms with Gasteiger partial charge in [-0.05, 0) is 19.8 Å². The second kappa shape index (κ2) is 32.7. The third kappa shape index (κ3) is 27.1. The molecule has 1 atom stereocenters. The number of carbonyl (C=O) groups is 2. The molecule has 2 amide bonds. The van der Waals surface area contributed by atoms with Crippen LogP contribution in [0.15, 0.2) is 0 Å². The fraction of sp³-hybridized carbons (Fsp3) is 0.946. The van der Waals surface area contributed by atoms with E-state index in [0.717, 1.165) is 45.6 Å². The molecule has 0 fully saturated rings. The average molecular weight is 678 g/mol. The van der Waals surface area contributed by atoms with E-state index in [0.29, 0.717) is 19.4 Å². The molecule has 0 spiro atoms. The number of hydrogen-bond acceptors (Lipinski definition) is 7. The van der Waals surface area contributed by atoms with Gasteiger partial charge in [-0.2, -0.15) is 4.48 Å². The third-order valence-electron chi connectivity index (χ3n) is 9.22. The van der Waals surface area contributed by atoms with Crippen LogP contribution in [-0.2, 0) is 24.2 Å². The largest absolute Gasteiger partial charge is 0.726 e. The fourth-order valence-electron chi connectivity index (χ4n) is 6.16. The highest BCUT2D eigenvalue weighted by molar-refractivity contribution is 7.80. The van der Waals surface area contributed by atoms with Crippen molar-refractivity contribution in [3.05, 3.63) is 0 Å². The highest BCUT2D eigenvalue weighted by atomic mass is 32.3. The van der Waals surface area contributed by atoms with Crippen LogP contribution in [0.3, 0.4) is 0 Å². The molecule has 0 aromatic carbocycles. The van der Waals surface area contributed by atoms with Gasteiger partial charge in [0.2, 0.25) is 16.6 Å². The van der Waals surface area contributed by atoms with Crippen molar-refractivity contribution in [2.45, 2.75) is 214 Å². The molecule has 0 aliphatic rings. The van der Waals surface area contributed by atoms with Gasteiger partial charge in [0.05, 0.1) is 26.5 Å². The second-order valence-corrected chi connectivity index (χ2v) is 14.3. The number of aliphatic hydroxyl groups is 1. The van der Waals surface area contributed by atoms with Crippen molar-refractivity contribution in [1.29, 1.82) is 0 Å². The molecule has 1 N–H and O–H groups in total. The lowest BCUT2D eigenvalue weighted by Crippen LogP contribution is -2.62. The van der Waals surface area contributed by atoms with E-state index in [4.69, 9.17) is 0 Å². The van der Waals surface area contributed by atoms with Crippen LogP contribution in [0, 0.1) is 0 Å². The van der Waals surface area contributed by atoms with Gasteiger partial charge in [-0.15, -0.1) is 0 Å². The van der Waals surface area contributed by atoms with Crippen molar-refractivity contribution >= 4 is 22.2 Å². The summed E-state index contributed by atoms with van der Waals surface area (Å²) in [6.45, 7) is 8.38. The van der Waals surface area contributed by atoms with Crippen LogP contribution >= 0.6 is 0 Å². The molecule has 8 nitrogen and oxygen atoms in total. The van der Waals surface area contributed by atoms with E-state index in [9.17, 15) is 27.7 Å². The number of aliphatic hydroxyl groups excluding tert-OH is 1. The van der Waals surface area contributed by atoms with Crippen molar-refractivity contribution in [3.8, 4) is 0 Å². The van der Waals surface area contributed by atoms with E-state index in [1.165, 1.54) is 128 Å². The summed E-state index contributed by atoms with van der Waals surface area (Å²) in [6.07, 6.45) is 32.9. The summed E-state index contributed by atoms with van der Waals surface area (Å²) in [4.78, 5) is 26.4. The third-order valence-corrected chi connectivity index (χ3v) is 9.63. The first kappa shape index (κ1) is 47.2. The minimum absolute atomic E-state index is 0.0831. The molecule has 276 valence electrons. The lowest BCUT2D eigenvalue weighted by Gasteiger charge is -2.35. The molecule has 9 heteroatoms. The standard InChI is InChI=1S/C36H72NO3.CH4O4S/c1-5-8-10-12-14-16-18-20-22-24-26-28-30-32-35(39)37(7-3,34(4)38)36(40)33-31-29-27-25-23-21-19-17-15-13-11-9-6-2;1-5-6(2,3)4/h34,38H,5-33H2,1-4H3;1H3,(H,2,3,4)/q+1;/p-1. The van der Waals surface area contributed by atoms with Gasteiger partial charge < -0.3 is 9.66 Å². The van der Waals surface area contributed by atoms with Crippen LogP contribution in [0.2, 0.25) is 0 Å². The average Bonchev–Trinajstić information content (AvgIpc) is 3.02. The zero-order valence-electron chi connectivity index (χ0n) is 30.8. The van der Waals surface area contributed by atoms with Crippen molar-refractivity contribution in [3.63, 3.8) is 0 Å². The number of nitrogens with zero attached hydrogens (tertiary/aromatic N) is 1. The lowest BCUT2D eigenvalue weighted by atomic mass is 10.0. The Morgan fingerprint density at radius 3 is 0.957 bits per heavy atom. The van der Waals surface area contributed by atoms with E-state index in [1.807, 2.05) is 6.92 Å². The summed E-state index contributed by atoms with van der Waals surface area (Å²) in [5.41, 5.74) is 0. The van der Waals surface area contributed by atoms with Gasteiger partial charge in [0, 0.05) is 6.92 Å². The Morgan fingerprint density at radius 1 is 0.565 bits per heavy atom. The molecule has 1 unspecified atom stereocenters. The van der Waals surface area contributed by atoms with Gasteiger partial charge in [0.15, 0.2) is 0 Å². The number of quaternary nitrogens is 1. The zero-order valence-corrected chi connectivity index (χ0v) is 31.7. The number of amides is 2. The van der Waals surface area contributed by atoms with Gasteiger partial charge in [0.1, 0.15) is 0 Å². The van der Waals surface area contributed by atoms with E-state index < -0.39 is 16.6 Å². The Bertz CT molecular complexity index is 760. The van der Waals surface area contributed by atoms with Crippen LogP contribution in [-0.4, -0.2) is 54.3 Å². The molecule has 0 aromatic heterocycles. The van der Waals surface area contributed by atoms with Gasteiger partial charge in [-0.25, -0.2) is 18.0 Å². The topological polar surface area (TPSA) is 121 Å². The summed E-state index contributed by atoms with van der Waals surface area (Å²) < 4.78 is 30.6. The number of hydrogen-bond donors (Lipinski definition) is 1. The van der Waals surface area contributed by atoms with Gasteiger partial charge in [-0.1, -0.05) is 168 Å². The lowest BCUT2D eigenvalue weighted by molar-refractivity contribution is -0.828. The Morgan fingerprint density at radius 2 is 0.783 bits per heavy atom. The molecule has 0 saturated heterocycles. The van der Waals surface area contributed by atoms with Crippen LogP contribution in [0.25, 0.3) is 0 Å². The molecule has 0 rings (SSSR count). The zero-order chi connectivity index (χ0) is 34.9. The molecule has 0 aliphatic carbocycles. The number of carbonyl (C=O) groups excluding carboxylic acids is 2. The summed E-state index contributed by atoms with van der Waals surface area (Å²) in [7, 11) is -3.60. The van der Waals surface area contributed by atoms with E-state index in [1.54, 1.807) is 6.92 Å². The minimum atomic E-state index is -4.41. The van der Waals surface area contributed by atoms with Crippen molar-refractivity contribution in [2.24, 2.45) is 0 Å². The molecule has 0 radical (unpaired) electrons.